The van der Waals surface area contributed by atoms with E-state index >= 15 is 0 Å². The molecule has 0 unspecified atom stereocenters. The highest BCUT2D eigenvalue weighted by Crippen LogP contribution is 2.31. The van der Waals surface area contributed by atoms with Crippen LogP contribution in [0.5, 0.6) is 0 Å². The maximum Gasteiger partial charge on any atom is 0.245 e. The summed E-state index contributed by atoms with van der Waals surface area (Å²) in [6.45, 7) is 3.43. The molecule has 0 spiro atoms. The Kier molecular flexibility index (Phi) is 3.29. The lowest BCUT2D eigenvalue weighted by Crippen LogP contribution is -2.02. The zero-order valence-corrected chi connectivity index (χ0v) is 12.6. The molecule has 3 aromatic rings. The van der Waals surface area contributed by atoms with Crippen molar-refractivity contribution in [3.8, 4) is 0 Å². The van der Waals surface area contributed by atoms with Gasteiger partial charge in [-0.05, 0) is 37.8 Å². The second-order valence-corrected chi connectivity index (χ2v) is 5.79. The lowest BCUT2D eigenvalue weighted by Gasteiger charge is -1.98. The van der Waals surface area contributed by atoms with Gasteiger partial charge in [0.25, 0.3) is 0 Å². The molecule has 114 valence electrons. The SMILES string of the molecule is CCn1nc(NCc2nc(CC3CC3)no2)c2ccccc21. The number of para-hydroxylation sites is 1. The van der Waals surface area contributed by atoms with Crippen LogP contribution in [-0.2, 0) is 19.5 Å². The average molecular weight is 297 g/mol. The van der Waals surface area contributed by atoms with Gasteiger partial charge in [0.15, 0.2) is 11.6 Å². The lowest BCUT2D eigenvalue weighted by molar-refractivity contribution is 0.377. The van der Waals surface area contributed by atoms with E-state index in [-0.39, 0.29) is 0 Å². The number of aromatic nitrogens is 4. The molecule has 6 heteroatoms. The van der Waals surface area contributed by atoms with Gasteiger partial charge in [-0.3, -0.25) is 4.68 Å². The highest BCUT2D eigenvalue weighted by molar-refractivity contribution is 5.90. The summed E-state index contributed by atoms with van der Waals surface area (Å²) in [4.78, 5) is 4.44. The molecular weight excluding hydrogens is 278 g/mol. The fraction of sp³-hybridized carbons (Fsp3) is 0.438. The Morgan fingerprint density at radius 1 is 1.32 bits per heavy atom. The Morgan fingerprint density at radius 3 is 3.00 bits per heavy atom. The molecule has 0 amide bonds. The Bertz CT molecular complexity index is 787. The molecule has 1 aliphatic carbocycles. The molecule has 1 N–H and O–H groups in total. The van der Waals surface area contributed by atoms with Crippen LogP contribution in [0.3, 0.4) is 0 Å². The second-order valence-electron chi connectivity index (χ2n) is 5.79. The van der Waals surface area contributed by atoms with Gasteiger partial charge >= 0.3 is 0 Å². The summed E-state index contributed by atoms with van der Waals surface area (Å²) in [7, 11) is 0. The highest BCUT2D eigenvalue weighted by atomic mass is 16.5. The van der Waals surface area contributed by atoms with Gasteiger partial charge in [-0.2, -0.15) is 10.1 Å². The molecule has 1 fully saturated rings. The van der Waals surface area contributed by atoms with Crippen molar-refractivity contribution in [1.29, 1.82) is 0 Å². The topological polar surface area (TPSA) is 68.8 Å². The zero-order chi connectivity index (χ0) is 14.9. The Balaban J connectivity index is 1.50. The van der Waals surface area contributed by atoms with Crippen molar-refractivity contribution in [2.75, 3.05) is 5.32 Å². The Hall–Kier alpha value is -2.37. The first kappa shape index (κ1) is 13.3. The molecule has 0 bridgehead atoms. The quantitative estimate of drug-likeness (QED) is 0.757. The van der Waals surface area contributed by atoms with Gasteiger partial charge in [-0.15, -0.1) is 0 Å². The minimum atomic E-state index is 0.502. The Labute approximate surface area is 128 Å². The number of hydrogen-bond donors (Lipinski definition) is 1. The molecule has 1 aliphatic rings. The van der Waals surface area contributed by atoms with Crippen molar-refractivity contribution >= 4 is 16.7 Å². The summed E-state index contributed by atoms with van der Waals surface area (Å²) < 4.78 is 7.29. The van der Waals surface area contributed by atoms with E-state index in [1.54, 1.807) is 0 Å². The molecule has 2 heterocycles. The van der Waals surface area contributed by atoms with Crippen LogP contribution in [0.15, 0.2) is 28.8 Å². The van der Waals surface area contributed by atoms with Crippen molar-refractivity contribution in [2.24, 2.45) is 5.92 Å². The summed E-state index contributed by atoms with van der Waals surface area (Å²) in [5, 5.41) is 13.1. The number of benzene rings is 1. The molecule has 0 aliphatic heterocycles. The van der Waals surface area contributed by atoms with Gasteiger partial charge in [-0.1, -0.05) is 17.3 Å². The molecule has 1 aromatic carbocycles. The largest absolute Gasteiger partial charge is 0.359 e. The number of nitrogens with zero attached hydrogens (tertiary/aromatic N) is 4. The first-order valence-corrected chi connectivity index (χ1v) is 7.84. The van der Waals surface area contributed by atoms with E-state index in [1.807, 2.05) is 16.8 Å². The van der Waals surface area contributed by atoms with E-state index in [9.17, 15) is 0 Å². The first-order chi connectivity index (χ1) is 10.8. The predicted octanol–water partition coefficient (Wildman–Crippen LogP) is 3.00. The van der Waals surface area contributed by atoms with Crippen LogP contribution >= 0.6 is 0 Å². The van der Waals surface area contributed by atoms with Crippen LogP contribution in [0.25, 0.3) is 10.9 Å². The smallest absolute Gasteiger partial charge is 0.245 e. The van der Waals surface area contributed by atoms with Crippen LogP contribution in [0.2, 0.25) is 0 Å². The summed E-state index contributed by atoms with van der Waals surface area (Å²) >= 11 is 0. The minimum absolute atomic E-state index is 0.502. The number of anilines is 1. The number of hydrogen-bond acceptors (Lipinski definition) is 5. The van der Waals surface area contributed by atoms with Crippen molar-refractivity contribution in [1.82, 2.24) is 19.9 Å². The fourth-order valence-corrected chi connectivity index (χ4v) is 2.68. The van der Waals surface area contributed by atoms with E-state index in [1.165, 1.54) is 12.8 Å². The maximum atomic E-state index is 5.30. The van der Waals surface area contributed by atoms with Crippen LogP contribution < -0.4 is 5.32 Å². The first-order valence-electron chi connectivity index (χ1n) is 7.84. The number of fused-ring (bicyclic) bond motifs is 1. The number of nitrogens with one attached hydrogen (secondary N) is 1. The third-order valence-electron chi connectivity index (χ3n) is 4.04. The molecule has 4 rings (SSSR count). The van der Waals surface area contributed by atoms with Crippen LogP contribution in [0, 0.1) is 5.92 Å². The van der Waals surface area contributed by atoms with Crippen molar-refractivity contribution in [3.63, 3.8) is 0 Å². The normalized spacial score (nSPS) is 14.6. The summed E-state index contributed by atoms with van der Waals surface area (Å²) in [5.74, 6) is 3.07. The number of aryl methyl sites for hydroxylation is 1. The van der Waals surface area contributed by atoms with Gasteiger partial charge < -0.3 is 9.84 Å². The van der Waals surface area contributed by atoms with Crippen molar-refractivity contribution in [2.45, 2.75) is 39.3 Å². The summed E-state index contributed by atoms with van der Waals surface area (Å²) in [6, 6.07) is 8.21. The second kappa shape index (κ2) is 5.44. The van der Waals surface area contributed by atoms with Gasteiger partial charge in [-0.25, -0.2) is 0 Å². The van der Waals surface area contributed by atoms with Gasteiger partial charge in [0, 0.05) is 18.4 Å². The summed E-state index contributed by atoms with van der Waals surface area (Å²) in [5.41, 5.74) is 1.13. The van der Waals surface area contributed by atoms with Crippen molar-refractivity contribution in [3.05, 3.63) is 36.0 Å². The van der Waals surface area contributed by atoms with Gasteiger partial charge in [0.1, 0.15) is 0 Å². The maximum absolute atomic E-state index is 5.30. The molecular formula is C16H19N5O. The van der Waals surface area contributed by atoms with Crippen LogP contribution in [0.4, 0.5) is 5.82 Å². The van der Waals surface area contributed by atoms with Crippen LogP contribution in [-0.4, -0.2) is 19.9 Å². The van der Waals surface area contributed by atoms with E-state index in [4.69, 9.17) is 4.52 Å². The molecule has 0 radical (unpaired) electrons. The molecule has 0 saturated heterocycles. The lowest BCUT2D eigenvalue weighted by atomic mass is 10.2. The number of rotatable bonds is 6. The monoisotopic (exact) mass is 297 g/mol. The molecule has 1 saturated carbocycles. The highest BCUT2D eigenvalue weighted by Gasteiger charge is 2.24. The van der Waals surface area contributed by atoms with E-state index in [0.29, 0.717) is 12.4 Å². The molecule has 0 atom stereocenters. The summed E-state index contributed by atoms with van der Waals surface area (Å²) in [6.07, 6.45) is 3.53. The van der Waals surface area contributed by atoms with Crippen LogP contribution in [0.1, 0.15) is 31.5 Å². The van der Waals surface area contributed by atoms with Gasteiger partial charge in [0.2, 0.25) is 5.89 Å². The third-order valence-corrected chi connectivity index (χ3v) is 4.04. The van der Waals surface area contributed by atoms with E-state index in [0.717, 1.165) is 41.4 Å². The van der Waals surface area contributed by atoms with Gasteiger partial charge in [0.05, 0.1) is 12.1 Å². The van der Waals surface area contributed by atoms with E-state index in [2.05, 4.69) is 39.6 Å². The average Bonchev–Trinajstić information content (AvgIpc) is 3.12. The molecule has 2 aromatic heterocycles. The molecule has 22 heavy (non-hydrogen) atoms. The zero-order valence-electron chi connectivity index (χ0n) is 12.6. The minimum Gasteiger partial charge on any atom is -0.359 e. The standard InChI is InChI=1S/C16H19N5O/c1-2-21-13-6-4-3-5-12(13)16(19-21)17-10-15-18-14(20-22-15)9-11-7-8-11/h3-6,11H,2,7-10H2,1H3,(H,17,19). The third kappa shape index (κ3) is 2.56. The predicted molar refractivity (Wildman–Crippen MR) is 83.5 cm³/mol. The van der Waals surface area contributed by atoms with Crippen molar-refractivity contribution < 1.29 is 4.52 Å². The van der Waals surface area contributed by atoms with E-state index < -0.39 is 0 Å². The molecule has 6 nitrogen and oxygen atoms in total. The fourth-order valence-electron chi connectivity index (χ4n) is 2.68. The Morgan fingerprint density at radius 2 is 2.18 bits per heavy atom.